The van der Waals surface area contributed by atoms with Crippen LogP contribution in [0.1, 0.15) is 35.0 Å². The number of esters is 1. The highest BCUT2D eigenvalue weighted by Gasteiger charge is 2.12. The van der Waals surface area contributed by atoms with E-state index >= 15 is 0 Å². The number of rotatable bonds is 6. The van der Waals surface area contributed by atoms with E-state index in [2.05, 4.69) is 17.3 Å². The fraction of sp³-hybridized carbons (Fsp3) is 0.375. The molecule has 1 heterocycles. The minimum atomic E-state index is -0.313. The number of benzene rings is 1. The van der Waals surface area contributed by atoms with E-state index in [0.717, 1.165) is 29.9 Å². The molecule has 5 nitrogen and oxygen atoms in total. The molecule has 0 spiro atoms. The van der Waals surface area contributed by atoms with Gasteiger partial charge in [-0.15, -0.1) is 0 Å². The Balaban J connectivity index is 2.13. The van der Waals surface area contributed by atoms with Crippen LogP contribution in [-0.2, 0) is 17.8 Å². The van der Waals surface area contributed by atoms with Gasteiger partial charge >= 0.3 is 5.97 Å². The van der Waals surface area contributed by atoms with Crippen LogP contribution in [0.15, 0.2) is 30.5 Å². The Kier molecular flexibility index (Phi) is 4.98. The van der Waals surface area contributed by atoms with E-state index in [9.17, 15) is 4.79 Å². The van der Waals surface area contributed by atoms with Crippen molar-refractivity contribution in [3.05, 3.63) is 47.3 Å². The lowest BCUT2D eigenvalue weighted by Gasteiger charge is -2.13. The van der Waals surface area contributed by atoms with E-state index in [-0.39, 0.29) is 5.97 Å². The molecular formula is C16H21N3O2. The molecule has 21 heavy (non-hydrogen) atoms. The molecule has 0 atom stereocenters. The summed E-state index contributed by atoms with van der Waals surface area (Å²) < 4.78 is 6.79. The summed E-state index contributed by atoms with van der Waals surface area (Å²) in [6, 6.07) is 7.59. The molecule has 0 radical (unpaired) electrons. The first kappa shape index (κ1) is 15.1. The van der Waals surface area contributed by atoms with Crippen molar-refractivity contribution in [2.45, 2.75) is 33.4 Å². The number of hydrogen-bond acceptors (Lipinski definition) is 4. The average molecular weight is 287 g/mol. The van der Waals surface area contributed by atoms with Gasteiger partial charge in [0, 0.05) is 18.4 Å². The monoisotopic (exact) mass is 287 g/mol. The van der Waals surface area contributed by atoms with Crippen LogP contribution in [0.3, 0.4) is 0 Å². The number of anilines is 1. The van der Waals surface area contributed by atoms with Crippen molar-refractivity contribution >= 4 is 11.7 Å². The second kappa shape index (κ2) is 6.92. The van der Waals surface area contributed by atoms with E-state index in [1.54, 1.807) is 6.07 Å². The van der Waals surface area contributed by atoms with Crippen molar-refractivity contribution < 1.29 is 9.53 Å². The number of hydrogen-bond donors (Lipinski definition) is 1. The number of aryl methyl sites for hydroxylation is 1. The Hall–Kier alpha value is -2.30. The van der Waals surface area contributed by atoms with Crippen molar-refractivity contribution in [1.82, 2.24) is 9.78 Å². The summed E-state index contributed by atoms with van der Waals surface area (Å²) >= 11 is 0. The summed E-state index contributed by atoms with van der Waals surface area (Å²) in [6.07, 6.45) is 2.86. The standard InChI is InChI=1S/C16H21N3O2/c1-4-10-19-13(8-9-18-19)11-17-15-7-5-6-14(12(15)2)16(20)21-3/h5-9,17H,4,10-11H2,1-3H3. The predicted octanol–water partition coefficient (Wildman–Crippen LogP) is 3.00. The molecular weight excluding hydrogens is 266 g/mol. The molecule has 0 fully saturated rings. The first-order chi connectivity index (χ1) is 10.2. The third-order valence-corrected chi connectivity index (χ3v) is 3.44. The molecule has 0 bridgehead atoms. The van der Waals surface area contributed by atoms with E-state index < -0.39 is 0 Å². The maximum Gasteiger partial charge on any atom is 0.338 e. The fourth-order valence-electron chi connectivity index (χ4n) is 2.27. The molecule has 1 N–H and O–H groups in total. The topological polar surface area (TPSA) is 56.2 Å². The first-order valence-corrected chi connectivity index (χ1v) is 7.09. The zero-order valence-corrected chi connectivity index (χ0v) is 12.7. The summed E-state index contributed by atoms with van der Waals surface area (Å²) in [7, 11) is 1.39. The zero-order valence-electron chi connectivity index (χ0n) is 12.7. The Morgan fingerprint density at radius 2 is 2.19 bits per heavy atom. The van der Waals surface area contributed by atoms with Gasteiger partial charge in [0.15, 0.2) is 0 Å². The van der Waals surface area contributed by atoms with Gasteiger partial charge in [-0.05, 0) is 37.1 Å². The molecule has 0 unspecified atom stereocenters. The van der Waals surface area contributed by atoms with Crippen molar-refractivity contribution in [2.75, 3.05) is 12.4 Å². The number of aromatic nitrogens is 2. The van der Waals surface area contributed by atoms with Crippen LogP contribution in [0.4, 0.5) is 5.69 Å². The predicted molar refractivity (Wildman–Crippen MR) is 82.4 cm³/mol. The van der Waals surface area contributed by atoms with Crippen LogP contribution in [0.2, 0.25) is 0 Å². The molecule has 2 rings (SSSR count). The lowest BCUT2D eigenvalue weighted by atomic mass is 10.1. The average Bonchev–Trinajstić information content (AvgIpc) is 2.93. The molecule has 112 valence electrons. The Morgan fingerprint density at radius 1 is 1.38 bits per heavy atom. The lowest BCUT2D eigenvalue weighted by molar-refractivity contribution is 0.0600. The highest BCUT2D eigenvalue weighted by atomic mass is 16.5. The van der Waals surface area contributed by atoms with Gasteiger partial charge in [0.05, 0.1) is 24.9 Å². The summed E-state index contributed by atoms with van der Waals surface area (Å²) in [5.74, 6) is -0.313. The summed E-state index contributed by atoms with van der Waals surface area (Å²) in [4.78, 5) is 11.7. The Labute approximate surface area is 124 Å². The van der Waals surface area contributed by atoms with E-state index in [4.69, 9.17) is 4.74 Å². The molecule has 0 aliphatic rings. The highest BCUT2D eigenvalue weighted by molar-refractivity contribution is 5.92. The van der Waals surface area contributed by atoms with Gasteiger partial charge in [-0.25, -0.2) is 4.79 Å². The summed E-state index contributed by atoms with van der Waals surface area (Å²) in [5.41, 5.74) is 3.54. The van der Waals surface area contributed by atoms with Gasteiger partial charge in [0.1, 0.15) is 0 Å². The summed E-state index contributed by atoms with van der Waals surface area (Å²) in [5, 5.41) is 7.67. The molecule has 2 aromatic rings. The molecule has 0 aliphatic heterocycles. The van der Waals surface area contributed by atoms with Crippen LogP contribution in [0, 0.1) is 6.92 Å². The van der Waals surface area contributed by atoms with Crippen molar-refractivity contribution in [3.8, 4) is 0 Å². The van der Waals surface area contributed by atoms with E-state index in [0.29, 0.717) is 12.1 Å². The van der Waals surface area contributed by atoms with Gasteiger partial charge < -0.3 is 10.1 Å². The Bertz CT molecular complexity index is 620. The number of carbonyl (C=O) groups excluding carboxylic acids is 1. The van der Waals surface area contributed by atoms with Gasteiger partial charge in [0.25, 0.3) is 0 Å². The lowest BCUT2D eigenvalue weighted by Crippen LogP contribution is -2.11. The van der Waals surface area contributed by atoms with Gasteiger partial charge in [-0.2, -0.15) is 5.10 Å². The molecule has 0 saturated heterocycles. The smallest absolute Gasteiger partial charge is 0.338 e. The second-order valence-corrected chi connectivity index (χ2v) is 4.87. The largest absolute Gasteiger partial charge is 0.465 e. The van der Waals surface area contributed by atoms with Gasteiger partial charge in [0.2, 0.25) is 0 Å². The van der Waals surface area contributed by atoms with E-state index in [1.807, 2.05) is 36.0 Å². The molecule has 1 aromatic carbocycles. The van der Waals surface area contributed by atoms with Crippen LogP contribution in [0.25, 0.3) is 0 Å². The van der Waals surface area contributed by atoms with Crippen molar-refractivity contribution in [2.24, 2.45) is 0 Å². The number of carbonyl (C=O) groups is 1. The van der Waals surface area contributed by atoms with Crippen LogP contribution >= 0.6 is 0 Å². The van der Waals surface area contributed by atoms with Gasteiger partial charge in [-0.1, -0.05) is 13.0 Å². The molecule has 0 saturated carbocycles. The number of ether oxygens (including phenoxy) is 1. The minimum Gasteiger partial charge on any atom is -0.465 e. The first-order valence-electron chi connectivity index (χ1n) is 7.09. The number of methoxy groups -OCH3 is 1. The maximum absolute atomic E-state index is 11.7. The molecule has 0 aliphatic carbocycles. The van der Waals surface area contributed by atoms with Crippen LogP contribution in [0.5, 0.6) is 0 Å². The number of nitrogens with one attached hydrogen (secondary N) is 1. The SMILES string of the molecule is CCCn1nccc1CNc1cccc(C(=O)OC)c1C. The third kappa shape index (κ3) is 3.42. The number of nitrogens with zero attached hydrogens (tertiary/aromatic N) is 2. The highest BCUT2D eigenvalue weighted by Crippen LogP contribution is 2.20. The van der Waals surface area contributed by atoms with Crippen molar-refractivity contribution in [1.29, 1.82) is 0 Å². The van der Waals surface area contributed by atoms with E-state index in [1.165, 1.54) is 7.11 Å². The van der Waals surface area contributed by atoms with Crippen LogP contribution < -0.4 is 5.32 Å². The Morgan fingerprint density at radius 3 is 2.90 bits per heavy atom. The second-order valence-electron chi connectivity index (χ2n) is 4.87. The molecule has 0 amide bonds. The normalized spacial score (nSPS) is 10.4. The summed E-state index contributed by atoms with van der Waals surface area (Å²) in [6.45, 7) is 5.62. The van der Waals surface area contributed by atoms with Crippen LogP contribution in [-0.4, -0.2) is 22.9 Å². The quantitative estimate of drug-likeness (QED) is 0.830. The molecule has 5 heteroatoms. The molecule has 1 aromatic heterocycles. The fourth-order valence-corrected chi connectivity index (χ4v) is 2.27. The van der Waals surface area contributed by atoms with Crippen molar-refractivity contribution in [3.63, 3.8) is 0 Å². The zero-order chi connectivity index (χ0) is 15.2. The van der Waals surface area contributed by atoms with Gasteiger partial charge in [-0.3, -0.25) is 4.68 Å². The third-order valence-electron chi connectivity index (χ3n) is 3.44. The minimum absolute atomic E-state index is 0.313. The maximum atomic E-state index is 11.7.